The van der Waals surface area contributed by atoms with Gasteiger partial charge in [-0.1, -0.05) is 36.3 Å². The molecule has 1 atom stereocenters. The summed E-state index contributed by atoms with van der Waals surface area (Å²) in [6.45, 7) is 6.64. The molecule has 2 heterocycles. The summed E-state index contributed by atoms with van der Waals surface area (Å²) in [5, 5.41) is 14.6. The first-order chi connectivity index (χ1) is 15.6. The van der Waals surface area contributed by atoms with Gasteiger partial charge in [-0.05, 0) is 56.2 Å². The first-order valence-corrected chi connectivity index (χ1v) is 12.9. The molecule has 7 heteroatoms. The number of aromatic nitrogens is 1. The number of aliphatic hydroxyl groups excluding tert-OH is 1. The predicted molar refractivity (Wildman–Crippen MR) is 128 cm³/mol. The van der Waals surface area contributed by atoms with Crippen molar-refractivity contribution in [3.63, 3.8) is 0 Å². The lowest BCUT2D eigenvalue weighted by atomic mass is 10.0. The van der Waals surface area contributed by atoms with Crippen molar-refractivity contribution in [2.75, 3.05) is 31.5 Å². The summed E-state index contributed by atoms with van der Waals surface area (Å²) in [5.74, 6) is 0.671. The third-order valence-corrected chi connectivity index (χ3v) is 8.51. The van der Waals surface area contributed by atoms with E-state index in [4.69, 9.17) is 4.98 Å². The fourth-order valence-corrected chi connectivity index (χ4v) is 6.40. The van der Waals surface area contributed by atoms with Crippen LogP contribution in [0.1, 0.15) is 66.3 Å². The molecule has 2 aliphatic carbocycles. The Hall–Kier alpha value is -1.96. The van der Waals surface area contributed by atoms with E-state index < -0.39 is 0 Å². The minimum absolute atomic E-state index is 0.282. The Labute approximate surface area is 194 Å². The van der Waals surface area contributed by atoms with Crippen LogP contribution < -0.4 is 5.32 Å². The van der Waals surface area contributed by atoms with Crippen molar-refractivity contribution in [3.05, 3.63) is 39.9 Å². The van der Waals surface area contributed by atoms with Gasteiger partial charge < -0.3 is 15.3 Å². The summed E-state index contributed by atoms with van der Waals surface area (Å²) in [5.41, 5.74) is 4.69. The zero-order valence-electron chi connectivity index (χ0n) is 19.0. The average Bonchev–Trinajstić information content (AvgIpc) is 3.47. The number of amides is 1. The highest BCUT2D eigenvalue weighted by Crippen LogP contribution is 2.37. The van der Waals surface area contributed by atoms with Crippen LogP contribution in [-0.4, -0.2) is 52.0 Å². The van der Waals surface area contributed by atoms with Crippen molar-refractivity contribution in [1.29, 1.82) is 0 Å². The highest BCUT2D eigenvalue weighted by molar-refractivity contribution is 7.15. The van der Waals surface area contributed by atoms with Gasteiger partial charge in [-0.2, -0.15) is 0 Å². The molecule has 2 N–H and O–H groups in total. The molecule has 0 bridgehead atoms. The van der Waals surface area contributed by atoms with Gasteiger partial charge in [-0.25, -0.2) is 4.98 Å². The Morgan fingerprint density at radius 2 is 1.94 bits per heavy atom. The highest BCUT2D eigenvalue weighted by atomic mass is 32.1. The number of rotatable bonds is 5. The number of hydrogen-bond acceptors (Lipinski definition) is 6. The summed E-state index contributed by atoms with van der Waals surface area (Å²) in [6, 6.07) is 6.41. The molecular weight excluding hydrogens is 420 g/mol. The Balaban J connectivity index is 1.20. The first kappa shape index (κ1) is 21.9. The quantitative estimate of drug-likeness (QED) is 0.701. The molecule has 6 nitrogen and oxygen atoms in total. The molecule has 172 valence electrons. The number of nitrogens with one attached hydrogen (secondary N) is 1. The van der Waals surface area contributed by atoms with Gasteiger partial charge in [0.05, 0.1) is 16.7 Å². The van der Waals surface area contributed by atoms with Gasteiger partial charge in [0.15, 0.2) is 5.13 Å². The third kappa shape index (κ3) is 4.56. The zero-order valence-corrected chi connectivity index (χ0v) is 19.8. The van der Waals surface area contributed by atoms with E-state index in [2.05, 4.69) is 40.2 Å². The number of thiazole rings is 1. The lowest BCUT2D eigenvalue weighted by molar-refractivity contribution is -0.137. The second-order valence-corrected chi connectivity index (χ2v) is 10.6. The molecule has 1 amide bonds. The van der Waals surface area contributed by atoms with E-state index in [0.29, 0.717) is 5.91 Å². The van der Waals surface area contributed by atoms with Gasteiger partial charge in [0.2, 0.25) is 5.91 Å². The van der Waals surface area contributed by atoms with E-state index in [9.17, 15) is 9.90 Å². The fraction of sp³-hybridized carbons (Fsp3) is 0.600. The SMILES string of the molecule is Cc1c(CN2CCN(C(=O)C3CCCC3)CC2)cccc1Nc1nc2c(s1)C(O)CCC2. The van der Waals surface area contributed by atoms with E-state index in [1.807, 2.05) is 0 Å². The van der Waals surface area contributed by atoms with Crippen molar-refractivity contribution >= 4 is 28.1 Å². The maximum Gasteiger partial charge on any atom is 0.225 e. The molecule has 2 fully saturated rings. The zero-order chi connectivity index (χ0) is 22.1. The average molecular weight is 455 g/mol. The summed E-state index contributed by atoms with van der Waals surface area (Å²) in [7, 11) is 0. The van der Waals surface area contributed by atoms with E-state index in [0.717, 1.165) is 86.2 Å². The highest BCUT2D eigenvalue weighted by Gasteiger charge is 2.29. The number of hydrogen-bond donors (Lipinski definition) is 2. The number of aryl methyl sites for hydroxylation is 1. The minimum atomic E-state index is -0.363. The van der Waals surface area contributed by atoms with Crippen LogP contribution in [0.3, 0.4) is 0 Å². The van der Waals surface area contributed by atoms with Crippen molar-refractivity contribution in [2.45, 2.75) is 64.5 Å². The van der Waals surface area contributed by atoms with Crippen LogP contribution in [0.15, 0.2) is 18.2 Å². The second kappa shape index (κ2) is 9.49. The number of anilines is 2. The van der Waals surface area contributed by atoms with E-state index >= 15 is 0 Å². The molecule has 1 unspecified atom stereocenters. The third-order valence-electron chi connectivity index (χ3n) is 7.39. The van der Waals surface area contributed by atoms with Crippen molar-refractivity contribution < 1.29 is 9.90 Å². The first-order valence-electron chi connectivity index (χ1n) is 12.1. The van der Waals surface area contributed by atoms with Gasteiger partial charge in [0, 0.05) is 44.3 Å². The van der Waals surface area contributed by atoms with Gasteiger partial charge in [0.1, 0.15) is 0 Å². The number of benzene rings is 1. The molecule has 1 aromatic heterocycles. The summed E-state index contributed by atoms with van der Waals surface area (Å²) in [6.07, 6.45) is 7.03. The van der Waals surface area contributed by atoms with Crippen LogP contribution in [0.25, 0.3) is 0 Å². The van der Waals surface area contributed by atoms with Crippen molar-refractivity contribution in [2.24, 2.45) is 5.92 Å². The number of aliphatic hydroxyl groups is 1. The van der Waals surface area contributed by atoms with Crippen molar-refractivity contribution in [3.8, 4) is 0 Å². The molecular formula is C25H34N4O2S. The molecule has 5 rings (SSSR count). The van der Waals surface area contributed by atoms with Gasteiger partial charge in [-0.15, -0.1) is 0 Å². The molecule has 0 radical (unpaired) electrons. The number of carbonyl (C=O) groups is 1. The Morgan fingerprint density at radius 1 is 1.16 bits per heavy atom. The summed E-state index contributed by atoms with van der Waals surface area (Å²) < 4.78 is 0. The lowest BCUT2D eigenvalue weighted by Crippen LogP contribution is -2.49. The second-order valence-electron chi connectivity index (χ2n) is 9.54. The van der Waals surface area contributed by atoms with Gasteiger partial charge in [-0.3, -0.25) is 9.69 Å². The predicted octanol–water partition coefficient (Wildman–Crippen LogP) is 4.40. The maximum atomic E-state index is 12.7. The fourth-order valence-electron chi connectivity index (χ4n) is 5.35. The van der Waals surface area contributed by atoms with Crippen LogP contribution >= 0.6 is 11.3 Å². The van der Waals surface area contributed by atoms with Crippen molar-refractivity contribution in [1.82, 2.24) is 14.8 Å². The van der Waals surface area contributed by atoms with E-state index in [-0.39, 0.29) is 12.0 Å². The largest absolute Gasteiger partial charge is 0.388 e. The molecule has 32 heavy (non-hydrogen) atoms. The molecule has 2 aromatic rings. The molecule has 1 saturated carbocycles. The smallest absolute Gasteiger partial charge is 0.225 e. The van der Waals surface area contributed by atoms with E-state index in [1.54, 1.807) is 11.3 Å². The Bertz CT molecular complexity index is 961. The maximum absolute atomic E-state index is 12.7. The normalized spacial score (nSPS) is 22.2. The lowest BCUT2D eigenvalue weighted by Gasteiger charge is -2.36. The van der Waals surface area contributed by atoms with Crippen LogP contribution in [-0.2, 0) is 17.8 Å². The molecule has 1 aliphatic heterocycles. The monoisotopic (exact) mass is 454 g/mol. The summed E-state index contributed by atoms with van der Waals surface area (Å²) in [4.78, 5) is 23.0. The number of nitrogens with zero attached hydrogens (tertiary/aromatic N) is 3. The van der Waals surface area contributed by atoms with Crippen LogP contribution in [0.4, 0.5) is 10.8 Å². The van der Waals surface area contributed by atoms with Crippen LogP contribution in [0, 0.1) is 12.8 Å². The Kier molecular flexibility index (Phi) is 6.49. The molecule has 0 spiro atoms. The molecule has 1 saturated heterocycles. The standard InChI is InChI=1S/C25H34N4O2S/c1-17-19(16-28-12-14-29(15-13-28)24(31)18-6-2-3-7-18)8-4-9-20(17)26-25-27-21-10-5-11-22(30)23(21)32-25/h4,8-9,18,22,30H,2-3,5-7,10-16H2,1H3,(H,26,27). The molecule has 1 aromatic carbocycles. The van der Waals surface area contributed by atoms with Gasteiger partial charge >= 0.3 is 0 Å². The van der Waals surface area contributed by atoms with E-state index in [1.165, 1.54) is 24.0 Å². The number of fused-ring (bicyclic) bond motifs is 1. The Morgan fingerprint density at radius 3 is 2.69 bits per heavy atom. The minimum Gasteiger partial charge on any atom is -0.388 e. The van der Waals surface area contributed by atoms with Crippen LogP contribution in [0.2, 0.25) is 0 Å². The number of carbonyl (C=O) groups excluding carboxylic acids is 1. The van der Waals surface area contributed by atoms with Gasteiger partial charge in [0.25, 0.3) is 0 Å². The number of piperazine rings is 1. The topological polar surface area (TPSA) is 68.7 Å². The van der Waals surface area contributed by atoms with Crippen LogP contribution in [0.5, 0.6) is 0 Å². The summed E-state index contributed by atoms with van der Waals surface area (Å²) >= 11 is 1.58. The molecule has 3 aliphatic rings.